The van der Waals surface area contributed by atoms with Gasteiger partial charge in [0.1, 0.15) is 0 Å². The average Bonchev–Trinajstić information content (AvgIpc) is 3.04. The van der Waals surface area contributed by atoms with Crippen LogP contribution in [-0.2, 0) is 12.0 Å². The Bertz CT molecular complexity index is 670. The van der Waals surface area contributed by atoms with Crippen molar-refractivity contribution in [2.75, 3.05) is 11.9 Å². The zero-order valence-corrected chi connectivity index (χ0v) is 12.5. The molecule has 6 heteroatoms. The van der Waals surface area contributed by atoms with Crippen LogP contribution in [0.5, 0.6) is 0 Å². The fraction of sp³-hybridized carbons (Fsp3) is 0.333. The van der Waals surface area contributed by atoms with E-state index < -0.39 is 5.54 Å². The smallest absolute Gasteiger partial charge is 0.321 e. The molecule has 3 N–H and O–H groups in total. The number of benzene rings is 1. The SMILES string of the molecule is Cc1cnc(NC(=O)NC2(CO)CCc3ccccc32)s1. The van der Waals surface area contributed by atoms with Gasteiger partial charge in [0.05, 0.1) is 12.1 Å². The summed E-state index contributed by atoms with van der Waals surface area (Å²) in [6.07, 6.45) is 3.27. The van der Waals surface area contributed by atoms with Crippen molar-refractivity contribution in [2.24, 2.45) is 0 Å². The Kier molecular flexibility index (Phi) is 3.65. The molecule has 0 saturated heterocycles. The van der Waals surface area contributed by atoms with Gasteiger partial charge in [-0.1, -0.05) is 24.3 Å². The number of anilines is 1. The first kappa shape index (κ1) is 14.0. The largest absolute Gasteiger partial charge is 0.394 e. The topological polar surface area (TPSA) is 74.2 Å². The van der Waals surface area contributed by atoms with Crippen molar-refractivity contribution >= 4 is 22.5 Å². The molecule has 1 atom stereocenters. The minimum atomic E-state index is -0.701. The Morgan fingerprint density at radius 3 is 3.00 bits per heavy atom. The number of aliphatic hydroxyl groups is 1. The lowest BCUT2D eigenvalue weighted by Gasteiger charge is -2.29. The van der Waals surface area contributed by atoms with Gasteiger partial charge in [0, 0.05) is 11.1 Å². The molecule has 1 unspecified atom stereocenters. The number of hydrogen-bond acceptors (Lipinski definition) is 4. The van der Waals surface area contributed by atoms with Gasteiger partial charge in [-0.25, -0.2) is 9.78 Å². The molecule has 0 bridgehead atoms. The standard InChI is InChI=1S/C15H17N3O2S/c1-10-8-16-14(21-10)17-13(20)18-15(9-19)7-6-11-4-2-3-5-12(11)15/h2-5,8,19H,6-7,9H2,1H3,(H2,16,17,18,20). The number of rotatable bonds is 3. The van der Waals surface area contributed by atoms with E-state index in [-0.39, 0.29) is 12.6 Å². The average molecular weight is 303 g/mol. The first-order valence-corrected chi connectivity index (χ1v) is 7.65. The summed E-state index contributed by atoms with van der Waals surface area (Å²) >= 11 is 1.42. The van der Waals surface area contributed by atoms with E-state index in [4.69, 9.17) is 0 Å². The second-order valence-corrected chi connectivity index (χ2v) is 6.49. The minimum absolute atomic E-state index is 0.117. The van der Waals surface area contributed by atoms with E-state index in [2.05, 4.69) is 15.6 Å². The molecule has 110 valence electrons. The summed E-state index contributed by atoms with van der Waals surface area (Å²) in [6, 6.07) is 7.57. The summed E-state index contributed by atoms with van der Waals surface area (Å²) in [5.74, 6) is 0. The Balaban J connectivity index is 1.78. The molecule has 1 heterocycles. The zero-order chi connectivity index (χ0) is 14.9. The summed E-state index contributed by atoms with van der Waals surface area (Å²) < 4.78 is 0. The highest BCUT2D eigenvalue weighted by atomic mass is 32.1. The van der Waals surface area contributed by atoms with E-state index >= 15 is 0 Å². The molecule has 0 saturated carbocycles. The molecule has 1 aliphatic carbocycles. The molecular weight excluding hydrogens is 286 g/mol. The molecular formula is C15H17N3O2S. The van der Waals surface area contributed by atoms with E-state index in [1.807, 2.05) is 31.2 Å². The maximum absolute atomic E-state index is 12.2. The number of carbonyl (C=O) groups is 1. The Labute approximate surface area is 127 Å². The van der Waals surface area contributed by atoms with Crippen LogP contribution in [0.2, 0.25) is 0 Å². The van der Waals surface area contributed by atoms with Crippen molar-refractivity contribution in [3.8, 4) is 0 Å². The third kappa shape index (κ3) is 2.64. The maximum Gasteiger partial charge on any atom is 0.321 e. The number of nitrogens with zero attached hydrogens (tertiary/aromatic N) is 1. The van der Waals surface area contributed by atoms with Crippen molar-refractivity contribution < 1.29 is 9.90 Å². The number of hydrogen-bond donors (Lipinski definition) is 3. The van der Waals surface area contributed by atoms with Gasteiger partial charge >= 0.3 is 6.03 Å². The summed E-state index contributed by atoms with van der Waals surface area (Å²) in [4.78, 5) is 17.3. The van der Waals surface area contributed by atoms with Crippen LogP contribution in [0.3, 0.4) is 0 Å². The van der Waals surface area contributed by atoms with Crippen LogP contribution in [0, 0.1) is 6.92 Å². The van der Waals surface area contributed by atoms with Gasteiger partial charge < -0.3 is 10.4 Å². The summed E-state index contributed by atoms with van der Waals surface area (Å²) in [5.41, 5.74) is 1.47. The highest BCUT2D eigenvalue weighted by Crippen LogP contribution is 2.36. The molecule has 1 aromatic carbocycles. The van der Waals surface area contributed by atoms with E-state index in [1.54, 1.807) is 6.20 Å². The highest BCUT2D eigenvalue weighted by Gasteiger charge is 2.39. The quantitative estimate of drug-likeness (QED) is 0.815. The van der Waals surface area contributed by atoms with Gasteiger partial charge in [-0.3, -0.25) is 5.32 Å². The van der Waals surface area contributed by atoms with Gasteiger partial charge in [0.25, 0.3) is 0 Å². The zero-order valence-electron chi connectivity index (χ0n) is 11.7. The van der Waals surface area contributed by atoms with Crippen molar-refractivity contribution in [1.82, 2.24) is 10.3 Å². The van der Waals surface area contributed by atoms with Crippen molar-refractivity contribution in [3.05, 3.63) is 46.5 Å². The molecule has 0 radical (unpaired) electrons. The lowest BCUT2D eigenvalue weighted by molar-refractivity contribution is 0.164. The second-order valence-electron chi connectivity index (χ2n) is 5.25. The third-order valence-electron chi connectivity index (χ3n) is 3.82. The van der Waals surface area contributed by atoms with Crippen LogP contribution in [0.15, 0.2) is 30.5 Å². The lowest BCUT2D eigenvalue weighted by Crippen LogP contribution is -2.48. The normalized spacial score (nSPS) is 20.1. The first-order valence-electron chi connectivity index (χ1n) is 6.84. The minimum Gasteiger partial charge on any atom is -0.394 e. The first-order chi connectivity index (χ1) is 10.1. The molecule has 0 spiro atoms. The molecule has 21 heavy (non-hydrogen) atoms. The second kappa shape index (κ2) is 5.46. The molecule has 1 aliphatic rings. The predicted octanol–water partition coefficient (Wildman–Crippen LogP) is 2.41. The van der Waals surface area contributed by atoms with Gasteiger partial charge in [-0.05, 0) is 30.9 Å². The summed E-state index contributed by atoms with van der Waals surface area (Å²) in [7, 11) is 0. The van der Waals surface area contributed by atoms with Crippen LogP contribution in [0.1, 0.15) is 22.4 Å². The fourth-order valence-electron chi connectivity index (χ4n) is 2.78. The van der Waals surface area contributed by atoms with E-state index in [0.29, 0.717) is 11.6 Å². The van der Waals surface area contributed by atoms with Crippen LogP contribution in [0.25, 0.3) is 0 Å². The number of aliphatic hydroxyl groups excluding tert-OH is 1. The monoisotopic (exact) mass is 303 g/mol. The number of fused-ring (bicyclic) bond motifs is 1. The Morgan fingerprint density at radius 2 is 2.29 bits per heavy atom. The van der Waals surface area contributed by atoms with Crippen molar-refractivity contribution in [2.45, 2.75) is 25.3 Å². The molecule has 2 aromatic rings. The van der Waals surface area contributed by atoms with Crippen LogP contribution in [-0.4, -0.2) is 22.7 Å². The maximum atomic E-state index is 12.2. The molecule has 2 amide bonds. The van der Waals surface area contributed by atoms with Gasteiger partial charge in [0.2, 0.25) is 0 Å². The molecule has 5 nitrogen and oxygen atoms in total. The van der Waals surface area contributed by atoms with E-state index in [9.17, 15) is 9.90 Å². The van der Waals surface area contributed by atoms with Crippen LogP contribution >= 0.6 is 11.3 Å². The van der Waals surface area contributed by atoms with Gasteiger partial charge in [-0.2, -0.15) is 0 Å². The van der Waals surface area contributed by atoms with E-state index in [0.717, 1.165) is 16.9 Å². The number of aryl methyl sites for hydroxylation is 2. The number of carbonyl (C=O) groups excluding carboxylic acids is 1. The van der Waals surface area contributed by atoms with Crippen molar-refractivity contribution in [1.29, 1.82) is 0 Å². The molecule has 0 fully saturated rings. The lowest BCUT2D eigenvalue weighted by atomic mass is 9.93. The Hall–Kier alpha value is -1.92. The molecule has 3 rings (SSSR count). The molecule has 1 aromatic heterocycles. The number of urea groups is 1. The van der Waals surface area contributed by atoms with E-state index in [1.165, 1.54) is 16.9 Å². The third-order valence-corrected chi connectivity index (χ3v) is 4.65. The highest BCUT2D eigenvalue weighted by molar-refractivity contribution is 7.15. The number of thiazole rings is 1. The fourth-order valence-corrected chi connectivity index (χ4v) is 3.44. The summed E-state index contributed by atoms with van der Waals surface area (Å²) in [6.45, 7) is 1.82. The van der Waals surface area contributed by atoms with Gasteiger partial charge in [-0.15, -0.1) is 11.3 Å². The molecule has 0 aliphatic heterocycles. The predicted molar refractivity (Wildman–Crippen MR) is 82.5 cm³/mol. The number of nitrogens with one attached hydrogen (secondary N) is 2. The van der Waals surface area contributed by atoms with Crippen LogP contribution < -0.4 is 10.6 Å². The number of amides is 2. The summed E-state index contributed by atoms with van der Waals surface area (Å²) in [5, 5.41) is 16.0. The van der Waals surface area contributed by atoms with Crippen LogP contribution in [0.4, 0.5) is 9.93 Å². The number of aromatic nitrogens is 1. The van der Waals surface area contributed by atoms with Gasteiger partial charge in [0.15, 0.2) is 5.13 Å². The van der Waals surface area contributed by atoms with Crippen molar-refractivity contribution in [3.63, 3.8) is 0 Å². The Morgan fingerprint density at radius 1 is 1.48 bits per heavy atom.